The van der Waals surface area contributed by atoms with Crippen molar-refractivity contribution in [2.24, 2.45) is 0 Å². The zero-order valence-corrected chi connectivity index (χ0v) is 11.9. The molecule has 0 unspecified atom stereocenters. The summed E-state index contributed by atoms with van der Waals surface area (Å²) in [6.45, 7) is 6.62. The summed E-state index contributed by atoms with van der Waals surface area (Å²) in [5.74, 6) is 0. The Hall–Kier alpha value is -0.650. The maximum atomic E-state index is 9.19. The Bertz CT molecular complexity index is 328. The van der Waals surface area contributed by atoms with Crippen LogP contribution in [0.1, 0.15) is 40.0 Å². The fourth-order valence-electron chi connectivity index (χ4n) is 1.00. The van der Waals surface area contributed by atoms with Gasteiger partial charge in [-0.2, -0.15) is 8.42 Å². The molecule has 0 aromatic heterocycles. The van der Waals surface area contributed by atoms with Gasteiger partial charge in [0.15, 0.2) is 0 Å². The molecule has 0 rings (SSSR count). The van der Waals surface area contributed by atoms with Gasteiger partial charge in [-0.15, -0.1) is 0 Å². The van der Waals surface area contributed by atoms with E-state index < -0.39 is 10.1 Å². The van der Waals surface area contributed by atoms with Crippen molar-refractivity contribution in [1.29, 1.82) is 0 Å². The highest BCUT2D eigenvalue weighted by molar-refractivity contribution is 7.85. The van der Waals surface area contributed by atoms with E-state index in [-0.39, 0.29) is 6.61 Å². The van der Waals surface area contributed by atoms with Crippen molar-refractivity contribution < 1.29 is 18.1 Å². The highest BCUT2D eigenvalue weighted by Crippen LogP contribution is 2.06. The zero-order valence-electron chi connectivity index (χ0n) is 11.1. The fourth-order valence-corrected chi connectivity index (χ4v) is 1.00. The van der Waals surface area contributed by atoms with Crippen LogP contribution in [-0.2, 0) is 10.1 Å². The number of aliphatic hydroxyl groups is 1. The van der Waals surface area contributed by atoms with Crippen LogP contribution in [0.4, 0.5) is 0 Å². The molecule has 0 saturated carbocycles. The zero-order chi connectivity index (χ0) is 13.9. The molecule has 5 heteroatoms. The summed E-state index contributed by atoms with van der Waals surface area (Å²) in [7, 11) is -3.67. The van der Waals surface area contributed by atoms with Gasteiger partial charge in [0, 0.05) is 6.61 Å². The second-order valence-electron chi connectivity index (χ2n) is 4.12. The molecule has 0 aliphatic rings. The van der Waals surface area contributed by atoms with Gasteiger partial charge in [-0.1, -0.05) is 23.3 Å². The van der Waals surface area contributed by atoms with Gasteiger partial charge in [-0.3, -0.25) is 4.55 Å². The highest BCUT2D eigenvalue weighted by atomic mass is 32.2. The Balaban J connectivity index is 0. The lowest BCUT2D eigenvalue weighted by Gasteiger charge is -1.97. The third kappa shape index (κ3) is 31.3. The average molecular weight is 264 g/mol. The van der Waals surface area contributed by atoms with E-state index in [9.17, 15) is 8.42 Å². The van der Waals surface area contributed by atoms with E-state index in [4.69, 9.17) is 9.66 Å². The van der Waals surface area contributed by atoms with Crippen molar-refractivity contribution >= 4 is 10.1 Å². The SMILES string of the molecule is CC(C)=CCCC(C)=CCCO.CS(=O)(=O)O. The average Bonchev–Trinajstić information content (AvgIpc) is 2.11. The van der Waals surface area contributed by atoms with Crippen molar-refractivity contribution in [3.05, 3.63) is 23.3 Å². The van der Waals surface area contributed by atoms with E-state index in [1.54, 1.807) is 0 Å². The van der Waals surface area contributed by atoms with Crippen LogP contribution < -0.4 is 0 Å². The summed E-state index contributed by atoms with van der Waals surface area (Å²) >= 11 is 0. The van der Waals surface area contributed by atoms with Crippen molar-refractivity contribution in [3.8, 4) is 0 Å². The number of hydrogen-bond donors (Lipinski definition) is 2. The molecule has 0 spiro atoms. The van der Waals surface area contributed by atoms with Crippen LogP contribution >= 0.6 is 0 Å². The lowest BCUT2D eigenvalue weighted by molar-refractivity contribution is 0.302. The molecule has 4 nitrogen and oxygen atoms in total. The third-order valence-electron chi connectivity index (χ3n) is 1.71. The van der Waals surface area contributed by atoms with Crippen LogP contribution in [0, 0.1) is 0 Å². The second-order valence-corrected chi connectivity index (χ2v) is 5.58. The maximum absolute atomic E-state index is 9.19. The number of hydrogen-bond acceptors (Lipinski definition) is 3. The molecule has 102 valence electrons. The summed E-state index contributed by atoms with van der Waals surface area (Å²) < 4.78 is 25.9. The molecule has 0 atom stereocenters. The minimum atomic E-state index is -3.67. The lowest BCUT2D eigenvalue weighted by Crippen LogP contribution is -1.88. The summed E-state index contributed by atoms with van der Waals surface area (Å²) in [4.78, 5) is 0. The van der Waals surface area contributed by atoms with Gasteiger partial charge in [0.2, 0.25) is 0 Å². The third-order valence-corrected chi connectivity index (χ3v) is 1.71. The van der Waals surface area contributed by atoms with Crippen molar-refractivity contribution in [1.82, 2.24) is 0 Å². The largest absolute Gasteiger partial charge is 0.396 e. The Morgan fingerprint density at radius 3 is 1.94 bits per heavy atom. The first-order valence-corrected chi connectivity index (χ1v) is 7.34. The van der Waals surface area contributed by atoms with Crippen LogP contribution in [-0.4, -0.2) is 30.9 Å². The molecule has 0 saturated heterocycles. The van der Waals surface area contributed by atoms with E-state index in [2.05, 4.69) is 32.9 Å². The van der Waals surface area contributed by atoms with Crippen molar-refractivity contribution in [3.63, 3.8) is 0 Å². The smallest absolute Gasteiger partial charge is 0.261 e. The summed E-state index contributed by atoms with van der Waals surface area (Å²) in [6.07, 6.45) is 8.10. The highest BCUT2D eigenvalue weighted by Gasteiger charge is 1.87. The van der Waals surface area contributed by atoms with Crippen LogP contribution in [0.15, 0.2) is 23.3 Å². The summed E-state index contributed by atoms with van der Waals surface area (Å²) in [5.41, 5.74) is 2.76. The quantitative estimate of drug-likeness (QED) is 0.591. The normalized spacial score (nSPS) is 11.5. The Morgan fingerprint density at radius 1 is 1.12 bits per heavy atom. The molecule has 0 amide bonds. The first-order chi connectivity index (χ1) is 7.66. The molecule has 0 fully saturated rings. The van der Waals surface area contributed by atoms with Gasteiger partial charge in [0.25, 0.3) is 10.1 Å². The first kappa shape index (κ1) is 18.7. The van der Waals surface area contributed by atoms with Gasteiger partial charge in [-0.25, -0.2) is 0 Å². The van der Waals surface area contributed by atoms with Crippen LogP contribution in [0.25, 0.3) is 0 Å². The predicted octanol–water partition coefficient (Wildman–Crippen LogP) is 2.57. The maximum Gasteiger partial charge on any atom is 0.261 e. The van der Waals surface area contributed by atoms with E-state index in [0.717, 1.165) is 19.3 Å². The number of rotatable bonds is 5. The molecule has 2 N–H and O–H groups in total. The van der Waals surface area contributed by atoms with Crippen LogP contribution in [0.3, 0.4) is 0 Å². The molecule has 0 heterocycles. The predicted molar refractivity (Wildman–Crippen MR) is 71.6 cm³/mol. The monoisotopic (exact) mass is 264 g/mol. The minimum absolute atomic E-state index is 0.264. The number of allylic oxidation sites excluding steroid dienone is 3. The van der Waals surface area contributed by atoms with Gasteiger partial charge >= 0.3 is 0 Å². The molecule has 0 aromatic carbocycles. The summed E-state index contributed by atoms with van der Waals surface area (Å²) in [5, 5.41) is 8.57. The van der Waals surface area contributed by atoms with Gasteiger partial charge in [-0.05, 0) is 40.0 Å². The lowest BCUT2D eigenvalue weighted by atomic mass is 10.1. The molecule has 0 aromatic rings. The molecular formula is C12H24O4S. The summed E-state index contributed by atoms with van der Waals surface area (Å²) in [6, 6.07) is 0. The van der Waals surface area contributed by atoms with Crippen LogP contribution in [0.5, 0.6) is 0 Å². The van der Waals surface area contributed by atoms with E-state index >= 15 is 0 Å². The standard InChI is InChI=1S/C11H20O.CH4O3S/c1-10(2)6-4-7-11(3)8-5-9-12;1-5(2,3)4/h6,8,12H,4-5,7,9H2,1-3H3;1H3,(H,2,3,4). The second kappa shape index (κ2) is 10.5. The van der Waals surface area contributed by atoms with E-state index in [0.29, 0.717) is 6.26 Å². The minimum Gasteiger partial charge on any atom is -0.396 e. The van der Waals surface area contributed by atoms with Gasteiger partial charge in [0.05, 0.1) is 6.26 Å². The van der Waals surface area contributed by atoms with E-state index in [1.807, 2.05) is 0 Å². The molecular weight excluding hydrogens is 240 g/mol. The Kier molecular flexibility index (Phi) is 11.6. The van der Waals surface area contributed by atoms with Crippen LogP contribution in [0.2, 0.25) is 0 Å². The first-order valence-electron chi connectivity index (χ1n) is 5.49. The molecule has 0 aliphatic carbocycles. The topological polar surface area (TPSA) is 74.6 Å². The Morgan fingerprint density at radius 2 is 1.59 bits per heavy atom. The molecule has 17 heavy (non-hydrogen) atoms. The Labute approximate surface area is 105 Å². The van der Waals surface area contributed by atoms with Gasteiger partial charge < -0.3 is 5.11 Å². The molecule has 0 bridgehead atoms. The molecule has 0 aliphatic heterocycles. The molecule has 0 radical (unpaired) electrons. The van der Waals surface area contributed by atoms with Crippen molar-refractivity contribution in [2.45, 2.75) is 40.0 Å². The fraction of sp³-hybridized carbons (Fsp3) is 0.667. The van der Waals surface area contributed by atoms with E-state index in [1.165, 1.54) is 11.1 Å². The van der Waals surface area contributed by atoms with Crippen molar-refractivity contribution in [2.75, 3.05) is 12.9 Å². The van der Waals surface area contributed by atoms with Gasteiger partial charge in [0.1, 0.15) is 0 Å². The number of aliphatic hydroxyl groups excluding tert-OH is 1.